The minimum Gasteiger partial charge on any atom is -0.469 e. The van der Waals surface area contributed by atoms with Crippen LogP contribution in [0.1, 0.15) is 64.7 Å². The van der Waals surface area contributed by atoms with Gasteiger partial charge in [-0.15, -0.1) is 0 Å². The van der Waals surface area contributed by atoms with Crippen molar-refractivity contribution >= 4 is 5.97 Å². The van der Waals surface area contributed by atoms with Gasteiger partial charge in [-0.3, -0.25) is 4.79 Å². The third-order valence-electron chi connectivity index (χ3n) is 3.84. The van der Waals surface area contributed by atoms with Crippen LogP contribution in [0.25, 0.3) is 0 Å². The Hall–Kier alpha value is -1.17. The van der Waals surface area contributed by atoms with Gasteiger partial charge in [0.2, 0.25) is 0 Å². The number of allylic oxidation sites excluding steroid dienone is 2. The molecule has 0 bridgehead atoms. The number of rotatable bonds is 14. The molecular weight excluding hydrogens is 308 g/mol. The highest BCUT2D eigenvalue weighted by atomic mass is 16.5. The van der Waals surface area contributed by atoms with E-state index in [1.807, 2.05) is 25.2 Å². The zero-order valence-electron chi connectivity index (χ0n) is 15.1. The van der Waals surface area contributed by atoms with E-state index in [1.165, 1.54) is 7.11 Å². The second kappa shape index (κ2) is 15.4. The van der Waals surface area contributed by atoms with E-state index < -0.39 is 18.3 Å². The van der Waals surface area contributed by atoms with Crippen molar-refractivity contribution < 1.29 is 24.9 Å². The van der Waals surface area contributed by atoms with Crippen molar-refractivity contribution in [2.75, 3.05) is 7.11 Å². The largest absolute Gasteiger partial charge is 0.469 e. The maximum Gasteiger partial charge on any atom is 0.305 e. The minimum atomic E-state index is -1.17. The van der Waals surface area contributed by atoms with Crippen LogP contribution in [0.3, 0.4) is 0 Å². The predicted octanol–water partition coefficient (Wildman–Crippen LogP) is 2.89. The first kappa shape index (κ1) is 22.8. The van der Waals surface area contributed by atoms with Crippen molar-refractivity contribution in [3.63, 3.8) is 0 Å². The molecule has 3 unspecified atom stereocenters. The lowest BCUT2D eigenvalue weighted by molar-refractivity contribution is -0.140. The maximum atomic E-state index is 10.9. The fraction of sp³-hybridized carbons (Fsp3) is 0.737. The van der Waals surface area contributed by atoms with E-state index in [1.54, 1.807) is 6.08 Å². The standard InChI is InChI=1S/C19H34O5/c1-3-4-10-13-16(20)19(23)17(21)14-11-8-6-5-7-9-12-15-18(22)24-2/h4,10-11,14,16-17,19-21,23H,3,5-9,12-13,15H2,1-2H3. The normalized spacial score (nSPS) is 15.7. The molecule has 0 radical (unpaired) electrons. The van der Waals surface area contributed by atoms with Crippen molar-refractivity contribution in [2.45, 2.75) is 83.0 Å². The average Bonchev–Trinajstić information content (AvgIpc) is 2.59. The molecule has 0 aliphatic heterocycles. The molecule has 3 atom stereocenters. The van der Waals surface area contributed by atoms with Crippen molar-refractivity contribution in [2.24, 2.45) is 0 Å². The summed E-state index contributed by atoms with van der Waals surface area (Å²) in [5.41, 5.74) is 0. The van der Waals surface area contributed by atoms with Crippen LogP contribution < -0.4 is 0 Å². The van der Waals surface area contributed by atoms with Crippen LogP contribution in [0.15, 0.2) is 24.3 Å². The third kappa shape index (κ3) is 12.3. The number of carbonyl (C=O) groups excluding carboxylic acids is 1. The van der Waals surface area contributed by atoms with E-state index >= 15 is 0 Å². The molecule has 0 saturated heterocycles. The van der Waals surface area contributed by atoms with E-state index in [0.29, 0.717) is 12.8 Å². The summed E-state index contributed by atoms with van der Waals surface area (Å²) < 4.78 is 4.58. The SMILES string of the molecule is CCC=CCC(O)C(O)C(O)C=CCCCCCCCC(=O)OC. The number of hydrogen-bond donors (Lipinski definition) is 3. The number of esters is 1. The number of hydrogen-bond acceptors (Lipinski definition) is 5. The molecule has 0 spiro atoms. The summed E-state index contributed by atoms with van der Waals surface area (Å²) in [5, 5.41) is 29.4. The predicted molar refractivity (Wildman–Crippen MR) is 95.5 cm³/mol. The molecule has 140 valence electrons. The number of aliphatic hydroxyl groups excluding tert-OH is 3. The third-order valence-corrected chi connectivity index (χ3v) is 3.84. The second-order valence-corrected chi connectivity index (χ2v) is 5.97. The van der Waals surface area contributed by atoms with Crippen LogP contribution in [0.5, 0.6) is 0 Å². The Balaban J connectivity index is 3.71. The van der Waals surface area contributed by atoms with E-state index in [0.717, 1.165) is 44.9 Å². The highest BCUT2D eigenvalue weighted by Crippen LogP contribution is 2.10. The monoisotopic (exact) mass is 342 g/mol. The minimum absolute atomic E-state index is 0.155. The Morgan fingerprint density at radius 2 is 1.67 bits per heavy atom. The molecule has 0 aliphatic rings. The van der Waals surface area contributed by atoms with Gasteiger partial charge in [-0.2, -0.15) is 0 Å². The van der Waals surface area contributed by atoms with Crippen LogP contribution >= 0.6 is 0 Å². The Kier molecular flexibility index (Phi) is 14.6. The summed E-state index contributed by atoms with van der Waals surface area (Å²) >= 11 is 0. The molecule has 0 fully saturated rings. The molecular formula is C19H34O5. The number of ether oxygens (including phenoxy) is 1. The zero-order valence-corrected chi connectivity index (χ0v) is 15.1. The molecule has 5 nitrogen and oxygen atoms in total. The molecule has 3 N–H and O–H groups in total. The van der Waals surface area contributed by atoms with Gasteiger partial charge in [-0.05, 0) is 32.1 Å². The number of methoxy groups -OCH3 is 1. The van der Waals surface area contributed by atoms with Crippen LogP contribution in [-0.4, -0.2) is 46.7 Å². The number of carbonyl (C=O) groups is 1. The molecule has 0 amide bonds. The summed E-state index contributed by atoms with van der Waals surface area (Å²) in [5.74, 6) is -0.155. The number of unbranched alkanes of at least 4 members (excludes halogenated alkanes) is 5. The first-order valence-corrected chi connectivity index (χ1v) is 8.95. The summed E-state index contributed by atoms with van der Waals surface area (Å²) in [6, 6.07) is 0. The Labute approximate surface area is 146 Å². The smallest absolute Gasteiger partial charge is 0.305 e. The summed E-state index contributed by atoms with van der Waals surface area (Å²) in [6.07, 6.45) is 11.5. The van der Waals surface area contributed by atoms with Gasteiger partial charge in [0.05, 0.1) is 13.2 Å². The van der Waals surface area contributed by atoms with Gasteiger partial charge in [-0.25, -0.2) is 0 Å². The lowest BCUT2D eigenvalue weighted by Gasteiger charge is -2.19. The topological polar surface area (TPSA) is 87.0 Å². The van der Waals surface area contributed by atoms with Gasteiger partial charge in [0.25, 0.3) is 0 Å². The lowest BCUT2D eigenvalue weighted by Crippen LogP contribution is -2.35. The van der Waals surface area contributed by atoms with E-state index in [9.17, 15) is 20.1 Å². The van der Waals surface area contributed by atoms with Gasteiger partial charge in [0.1, 0.15) is 12.2 Å². The fourth-order valence-corrected chi connectivity index (χ4v) is 2.28. The van der Waals surface area contributed by atoms with E-state index in [4.69, 9.17) is 0 Å². The first-order valence-electron chi connectivity index (χ1n) is 8.95. The molecule has 0 aromatic heterocycles. The summed E-state index contributed by atoms with van der Waals surface area (Å²) in [7, 11) is 1.40. The van der Waals surface area contributed by atoms with Gasteiger partial charge in [0, 0.05) is 6.42 Å². The van der Waals surface area contributed by atoms with Crippen molar-refractivity contribution in [1.82, 2.24) is 0 Å². The molecule has 0 heterocycles. The Bertz CT molecular complexity index is 365. The van der Waals surface area contributed by atoms with Gasteiger partial charge < -0.3 is 20.1 Å². The van der Waals surface area contributed by atoms with Crippen LogP contribution in [0.4, 0.5) is 0 Å². The van der Waals surface area contributed by atoms with E-state index in [2.05, 4.69) is 4.74 Å². The second-order valence-electron chi connectivity index (χ2n) is 5.97. The molecule has 0 aromatic carbocycles. The molecule has 5 heteroatoms. The van der Waals surface area contributed by atoms with Gasteiger partial charge >= 0.3 is 5.97 Å². The molecule has 24 heavy (non-hydrogen) atoms. The lowest BCUT2D eigenvalue weighted by atomic mass is 10.0. The van der Waals surface area contributed by atoms with Crippen LogP contribution in [0, 0.1) is 0 Å². The maximum absolute atomic E-state index is 10.9. The highest BCUT2D eigenvalue weighted by Gasteiger charge is 2.21. The van der Waals surface area contributed by atoms with Crippen LogP contribution in [0.2, 0.25) is 0 Å². The van der Waals surface area contributed by atoms with E-state index in [-0.39, 0.29) is 5.97 Å². The highest BCUT2D eigenvalue weighted by molar-refractivity contribution is 5.68. The Morgan fingerprint density at radius 1 is 1.00 bits per heavy atom. The first-order chi connectivity index (χ1) is 11.5. The number of aliphatic hydroxyl groups is 3. The Morgan fingerprint density at radius 3 is 2.33 bits per heavy atom. The molecule has 0 aromatic rings. The van der Waals surface area contributed by atoms with Crippen molar-refractivity contribution in [1.29, 1.82) is 0 Å². The average molecular weight is 342 g/mol. The molecule has 0 rings (SSSR count). The summed E-state index contributed by atoms with van der Waals surface area (Å²) in [6.45, 7) is 2.00. The van der Waals surface area contributed by atoms with Gasteiger partial charge in [-0.1, -0.05) is 50.5 Å². The van der Waals surface area contributed by atoms with Crippen molar-refractivity contribution in [3.05, 3.63) is 24.3 Å². The molecule has 0 aliphatic carbocycles. The van der Waals surface area contributed by atoms with Crippen molar-refractivity contribution in [3.8, 4) is 0 Å². The quantitative estimate of drug-likeness (QED) is 0.257. The zero-order chi connectivity index (χ0) is 18.2. The summed E-state index contributed by atoms with van der Waals surface area (Å²) in [4.78, 5) is 10.9. The molecule has 0 saturated carbocycles. The van der Waals surface area contributed by atoms with Crippen LogP contribution in [-0.2, 0) is 9.53 Å². The fourth-order valence-electron chi connectivity index (χ4n) is 2.28. The van der Waals surface area contributed by atoms with Gasteiger partial charge in [0.15, 0.2) is 0 Å².